The van der Waals surface area contributed by atoms with Gasteiger partial charge in [0.05, 0.1) is 23.7 Å². The van der Waals surface area contributed by atoms with Crippen molar-refractivity contribution < 1.29 is 35.1 Å². The zero-order valence-corrected chi connectivity index (χ0v) is 24.1. The number of carbonyl (C=O) groups is 1. The third kappa shape index (κ3) is 2.86. The van der Waals surface area contributed by atoms with Crippen molar-refractivity contribution in [3.8, 4) is 0 Å². The minimum absolute atomic E-state index is 0.0451. The van der Waals surface area contributed by atoms with Crippen molar-refractivity contribution in [3.63, 3.8) is 0 Å². The number of carboxylic acids is 1. The van der Waals surface area contributed by atoms with E-state index >= 15 is 0 Å². The maximum absolute atomic E-state index is 12.5. The van der Waals surface area contributed by atoms with Crippen molar-refractivity contribution in [3.05, 3.63) is 0 Å². The molecule has 0 unspecified atom stereocenters. The van der Waals surface area contributed by atoms with Crippen molar-refractivity contribution in [2.75, 3.05) is 0 Å². The van der Waals surface area contributed by atoms with Crippen LogP contribution in [-0.2, 0) is 9.53 Å². The molecular weight excluding hydrogens is 484 g/mol. The van der Waals surface area contributed by atoms with Gasteiger partial charge in [0.25, 0.3) is 0 Å². The second-order valence-corrected chi connectivity index (χ2v) is 15.6. The van der Waals surface area contributed by atoms with Crippen molar-refractivity contribution in [2.45, 2.75) is 130 Å². The number of aliphatic hydroxyl groups is 4. The predicted molar refractivity (Wildman–Crippen MR) is 141 cm³/mol. The third-order valence-corrected chi connectivity index (χ3v) is 14.8. The highest BCUT2D eigenvalue weighted by atomic mass is 16.6. The number of aliphatic carboxylic acids is 1. The molecule has 0 aromatic carbocycles. The fourth-order valence-electron chi connectivity index (χ4n) is 12.1. The van der Waals surface area contributed by atoms with E-state index in [2.05, 4.69) is 20.8 Å². The molecule has 2 spiro atoms. The van der Waals surface area contributed by atoms with Gasteiger partial charge in [-0.3, -0.25) is 4.79 Å². The summed E-state index contributed by atoms with van der Waals surface area (Å²) >= 11 is 0. The Bertz CT molecular complexity index is 1020. The van der Waals surface area contributed by atoms with Gasteiger partial charge in [-0.2, -0.15) is 0 Å². The molecule has 6 aliphatic rings. The highest BCUT2D eigenvalue weighted by Crippen LogP contribution is 2.89. The summed E-state index contributed by atoms with van der Waals surface area (Å²) in [6.07, 6.45) is 4.40. The van der Waals surface area contributed by atoms with Crippen LogP contribution < -0.4 is 0 Å². The van der Waals surface area contributed by atoms with Crippen LogP contribution >= 0.6 is 0 Å². The minimum atomic E-state index is -1.21. The van der Waals surface area contributed by atoms with Crippen molar-refractivity contribution in [1.29, 1.82) is 0 Å². The second-order valence-electron chi connectivity index (χ2n) is 15.6. The fourth-order valence-corrected chi connectivity index (χ4v) is 12.1. The Morgan fingerprint density at radius 3 is 2.16 bits per heavy atom. The van der Waals surface area contributed by atoms with E-state index in [1.165, 1.54) is 0 Å². The topological polar surface area (TPSA) is 127 Å². The number of hydrogen-bond donors (Lipinski definition) is 5. The summed E-state index contributed by atoms with van der Waals surface area (Å²) in [5.74, 6) is -0.184. The second kappa shape index (κ2) is 7.96. The van der Waals surface area contributed by atoms with Crippen LogP contribution in [0.5, 0.6) is 0 Å². The highest BCUT2D eigenvalue weighted by Gasteiger charge is 2.85. The van der Waals surface area contributed by atoms with Gasteiger partial charge in [0.1, 0.15) is 5.60 Å². The van der Waals surface area contributed by atoms with Crippen LogP contribution in [0.3, 0.4) is 0 Å². The van der Waals surface area contributed by atoms with Crippen LogP contribution in [0.1, 0.15) is 99.3 Å². The lowest BCUT2D eigenvalue weighted by atomic mass is 9.41. The van der Waals surface area contributed by atoms with E-state index in [0.29, 0.717) is 18.3 Å². The van der Waals surface area contributed by atoms with E-state index in [0.717, 1.165) is 44.9 Å². The molecule has 5 saturated carbocycles. The molecule has 1 heterocycles. The summed E-state index contributed by atoms with van der Waals surface area (Å²) in [5, 5.41) is 54.4. The largest absolute Gasteiger partial charge is 0.481 e. The Hall–Kier alpha value is -0.730. The zero-order valence-electron chi connectivity index (χ0n) is 24.1. The molecule has 1 saturated heterocycles. The van der Waals surface area contributed by atoms with Gasteiger partial charge in [-0.25, -0.2) is 0 Å². The summed E-state index contributed by atoms with van der Waals surface area (Å²) in [7, 11) is 0. The van der Waals surface area contributed by atoms with Gasteiger partial charge in [-0.1, -0.05) is 34.6 Å². The smallest absolute Gasteiger partial charge is 0.312 e. The van der Waals surface area contributed by atoms with Gasteiger partial charge in [0, 0.05) is 18.3 Å². The maximum atomic E-state index is 12.5. The summed E-state index contributed by atoms with van der Waals surface area (Å²) in [6.45, 7) is 12.8. The summed E-state index contributed by atoms with van der Waals surface area (Å²) in [5.41, 5.74) is -2.73. The SMILES string of the molecule is CC(C)[C@@]1(O)C[C@H]([C@H](C)[C@H]2CC[C@@]3(C)[C@@H]4CC[C@H]5[C@](C)(C(=O)O)[C@@H](O)C[C@H](O)[C@@]56C[C@@]46CC[C@]23C)O[C@@H]1O. The van der Waals surface area contributed by atoms with E-state index in [1.54, 1.807) is 6.92 Å². The van der Waals surface area contributed by atoms with E-state index in [4.69, 9.17) is 4.74 Å². The summed E-state index contributed by atoms with van der Waals surface area (Å²) in [6, 6.07) is 0. The number of rotatable bonds is 4. The molecular formula is C31H50O7. The molecule has 0 aromatic heterocycles. The molecule has 0 aromatic rings. The molecule has 7 heteroatoms. The minimum Gasteiger partial charge on any atom is -0.481 e. The van der Waals surface area contributed by atoms with Crippen LogP contribution in [0.15, 0.2) is 0 Å². The maximum Gasteiger partial charge on any atom is 0.312 e. The number of hydrogen-bond acceptors (Lipinski definition) is 6. The summed E-state index contributed by atoms with van der Waals surface area (Å²) in [4.78, 5) is 12.5. The van der Waals surface area contributed by atoms with Crippen LogP contribution in [0.2, 0.25) is 0 Å². The standard InChI is InChI=1S/C31H50O7/c1-16(2)31(37)14-19(38-25(31)36)17(3)18-9-10-27(5)20-7-8-21-28(6,24(34)35)22(32)13-23(33)30(21)15-29(20,30)12-11-26(18,27)4/h16-23,25,32-33,36-37H,7-15H2,1-6H3,(H,34,35)/t17-,18-,19-,20+,21+,22+,23+,25+,26-,27+,28+,29+,30-,31+/m1/s1. The Labute approximate surface area is 227 Å². The normalized spacial score (nSPS) is 60.0. The average Bonchev–Trinajstić information content (AvgIpc) is 3.33. The molecule has 5 aliphatic carbocycles. The van der Waals surface area contributed by atoms with E-state index in [9.17, 15) is 30.3 Å². The molecule has 38 heavy (non-hydrogen) atoms. The van der Waals surface area contributed by atoms with Crippen LogP contribution in [0, 0.1) is 56.7 Å². The first-order valence-corrected chi connectivity index (χ1v) is 15.2. The van der Waals surface area contributed by atoms with Crippen molar-refractivity contribution in [2.24, 2.45) is 56.7 Å². The van der Waals surface area contributed by atoms with Gasteiger partial charge in [-0.15, -0.1) is 0 Å². The number of ether oxygens (including phenoxy) is 1. The Kier molecular flexibility index (Phi) is 5.75. The molecule has 1 aliphatic heterocycles. The van der Waals surface area contributed by atoms with Gasteiger partial charge in [0.2, 0.25) is 0 Å². The molecule has 0 radical (unpaired) electrons. The van der Waals surface area contributed by atoms with Crippen LogP contribution in [0.25, 0.3) is 0 Å². The number of aliphatic hydroxyl groups excluding tert-OH is 3. The lowest BCUT2D eigenvalue weighted by Gasteiger charge is -2.63. The first-order chi connectivity index (χ1) is 17.6. The molecule has 5 N–H and O–H groups in total. The molecule has 0 bridgehead atoms. The highest BCUT2D eigenvalue weighted by molar-refractivity contribution is 5.76. The van der Waals surface area contributed by atoms with Crippen molar-refractivity contribution >= 4 is 5.97 Å². The Morgan fingerprint density at radius 1 is 0.895 bits per heavy atom. The molecule has 14 atom stereocenters. The first kappa shape index (κ1) is 27.4. The van der Waals surface area contributed by atoms with Gasteiger partial charge in [0.15, 0.2) is 6.29 Å². The van der Waals surface area contributed by atoms with E-state index in [1.807, 2.05) is 13.8 Å². The Balaban J connectivity index is 1.30. The fraction of sp³-hybridized carbons (Fsp3) is 0.968. The van der Waals surface area contributed by atoms with Crippen molar-refractivity contribution in [1.82, 2.24) is 0 Å². The summed E-state index contributed by atoms with van der Waals surface area (Å²) < 4.78 is 6.04. The zero-order chi connectivity index (χ0) is 27.8. The van der Waals surface area contributed by atoms with Crippen LogP contribution in [-0.4, -0.2) is 61.7 Å². The van der Waals surface area contributed by atoms with Crippen LogP contribution in [0.4, 0.5) is 0 Å². The first-order valence-electron chi connectivity index (χ1n) is 15.2. The average molecular weight is 535 g/mol. The molecule has 7 nitrogen and oxygen atoms in total. The monoisotopic (exact) mass is 534 g/mol. The molecule has 6 rings (SSSR count). The van der Waals surface area contributed by atoms with E-state index < -0.39 is 40.9 Å². The number of fused-ring (bicyclic) bond motifs is 2. The lowest BCUT2D eigenvalue weighted by Crippen LogP contribution is -2.63. The third-order valence-electron chi connectivity index (χ3n) is 14.8. The molecule has 6 fully saturated rings. The van der Waals surface area contributed by atoms with Gasteiger partial charge in [-0.05, 0) is 97.7 Å². The molecule has 0 amide bonds. The predicted octanol–water partition coefficient (Wildman–Crippen LogP) is 3.95. The van der Waals surface area contributed by atoms with E-state index in [-0.39, 0.29) is 46.5 Å². The lowest BCUT2D eigenvalue weighted by molar-refractivity contribution is -0.212. The molecule has 216 valence electrons. The van der Waals surface area contributed by atoms with Gasteiger partial charge >= 0.3 is 5.97 Å². The Morgan fingerprint density at radius 2 is 1.55 bits per heavy atom. The number of carboxylic acid groups (broad SMARTS) is 1. The van der Waals surface area contributed by atoms with Gasteiger partial charge < -0.3 is 30.3 Å². The quantitative estimate of drug-likeness (QED) is 0.369.